The molecule has 0 aliphatic carbocycles. The number of hydrogen-bond donors (Lipinski definition) is 1. The van der Waals surface area contributed by atoms with E-state index in [-0.39, 0.29) is 12.2 Å². The van der Waals surface area contributed by atoms with E-state index in [1.807, 2.05) is 0 Å². The maximum absolute atomic E-state index is 12.4. The molecule has 0 unspecified atom stereocenters. The Bertz CT molecular complexity index is 563. The van der Waals surface area contributed by atoms with Crippen LogP contribution in [0.1, 0.15) is 30.6 Å². The summed E-state index contributed by atoms with van der Waals surface area (Å²) in [6.45, 7) is 0. The Kier molecular flexibility index (Phi) is 3.85. The van der Waals surface area contributed by atoms with Gasteiger partial charge in [0.05, 0.1) is 16.0 Å². The van der Waals surface area contributed by atoms with Crippen LogP contribution in [-0.2, 0) is 19.4 Å². The molecule has 18 heavy (non-hydrogen) atoms. The third-order valence-electron chi connectivity index (χ3n) is 3.30. The molecule has 1 fully saturated rings. The molecular formula is C11H13BrO4S2. The number of sulfone groups is 1. The van der Waals surface area contributed by atoms with Crippen LogP contribution in [0.25, 0.3) is 0 Å². The van der Waals surface area contributed by atoms with Crippen LogP contribution in [0.2, 0.25) is 0 Å². The maximum atomic E-state index is 12.4. The molecule has 0 radical (unpaired) electrons. The predicted molar refractivity (Wildman–Crippen MR) is 73.6 cm³/mol. The van der Waals surface area contributed by atoms with Crippen molar-refractivity contribution in [3.63, 3.8) is 0 Å². The molecule has 2 rings (SSSR count). The SMILES string of the molecule is O=C(O)C[C@]1(c2ccc(Br)s2)CCCCS1(=O)=O. The van der Waals surface area contributed by atoms with Crippen LogP contribution < -0.4 is 0 Å². The highest BCUT2D eigenvalue weighted by molar-refractivity contribution is 9.11. The molecule has 1 N–H and O–H groups in total. The molecule has 0 saturated carbocycles. The van der Waals surface area contributed by atoms with Gasteiger partial charge >= 0.3 is 5.97 Å². The number of aliphatic carboxylic acids is 1. The van der Waals surface area contributed by atoms with Gasteiger partial charge in [-0.05, 0) is 40.9 Å². The van der Waals surface area contributed by atoms with Gasteiger partial charge in [-0.3, -0.25) is 4.79 Å². The highest BCUT2D eigenvalue weighted by Gasteiger charge is 2.49. The van der Waals surface area contributed by atoms with E-state index in [9.17, 15) is 13.2 Å². The Morgan fingerprint density at radius 3 is 2.67 bits per heavy atom. The molecule has 1 atom stereocenters. The molecule has 0 amide bonds. The smallest absolute Gasteiger partial charge is 0.305 e. The summed E-state index contributed by atoms with van der Waals surface area (Å²) < 4.78 is 24.3. The lowest BCUT2D eigenvalue weighted by Crippen LogP contribution is -2.41. The maximum Gasteiger partial charge on any atom is 0.305 e. The largest absolute Gasteiger partial charge is 0.481 e. The molecule has 1 aromatic rings. The second-order valence-electron chi connectivity index (χ2n) is 4.44. The molecular weight excluding hydrogens is 340 g/mol. The van der Waals surface area contributed by atoms with Crippen molar-refractivity contribution in [2.75, 3.05) is 5.75 Å². The first-order chi connectivity index (χ1) is 8.37. The number of carboxylic acid groups (broad SMARTS) is 1. The van der Waals surface area contributed by atoms with E-state index in [1.165, 1.54) is 11.3 Å². The van der Waals surface area contributed by atoms with Crippen LogP contribution in [0.4, 0.5) is 0 Å². The number of thiophene rings is 1. The van der Waals surface area contributed by atoms with Gasteiger partial charge in [0.1, 0.15) is 4.75 Å². The average Bonchev–Trinajstić information content (AvgIpc) is 2.68. The monoisotopic (exact) mass is 352 g/mol. The molecule has 4 nitrogen and oxygen atoms in total. The number of rotatable bonds is 3. The number of halogens is 1. The summed E-state index contributed by atoms with van der Waals surface area (Å²) in [4.78, 5) is 11.7. The predicted octanol–water partition coefficient (Wildman–Crippen LogP) is 2.78. The molecule has 7 heteroatoms. The molecule has 2 heterocycles. The topological polar surface area (TPSA) is 71.4 Å². The molecule has 1 saturated heterocycles. The molecule has 0 aromatic carbocycles. The Hall–Kier alpha value is -0.400. The zero-order valence-corrected chi connectivity index (χ0v) is 12.8. The highest BCUT2D eigenvalue weighted by atomic mass is 79.9. The molecule has 1 aromatic heterocycles. The van der Waals surface area contributed by atoms with Gasteiger partial charge in [-0.1, -0.05) is 6.42 Å². The van der Waals surface area contributed by atoms with E-state index in [0.717, 1.165) is 10.2 Å². The fourth-order valence-corrected chi connectivity index (χ4v) is 6.57. The van der Waals surface area contributed by atoms with Crippen molar-refractivity contribution in [1.29, 1.82) is 0 Å². The molecule has 0 bridgehead atoms. The van der Waals surface area contributed by atoms with Gasteiger partial charge in [-0.2, -0.15) is 0 Å². The third-order valence-corrected chi connectivity index (χ3v) is 7.84. The summed E-state index contributed by atoms with van der Waals surface area (Å²) in [6.07, 6.45) is 1.43. The second kappa shape index (κ2) is 4.94. The van der Waals surface area contributed by atoms with E-state index in [2.05, 4.69) is 15.9 Å². The van der Waals surface area contributed by atoms with E-state index in [0.29, 0.717) is 17.7 Å². The Morgan fingerprint density at radius 1 is 1.44 bits per heavy atom. The van der Waals surface area contributed by atoms with E-state index in [1.54, 1.807) is 12.1 Å². The normalized spacial score (nSPS) is 26.9. The molecule has 0 spiro atoms. The first-order valence-electron chi connectivity index (χ1n) is 5.57. The number of carbonyl (C=O) groups is 1. The summed E-state index contributed by atoms with van der Waals surface area (Å²) >= 11 is 4.61. The van der Waals surface area contributed by atoms with Gasteiger partial charge in [-0.25, -0.2) is 8.42 Å². The van der Waals surface area contributed by atoms with Crippen molar-refractivity contribution in [3.8, 4) is 0 Å². The lowest BCUT2D eigenvalue weighted by molar-refractivity contribution is -0.137. The van der Waals surface area contributed by atoms with E-state index in [4.69, 9.17) is 5.11 Å². The first-order valence-corrected chi connectivity index (χ1v) is 8.83. The lowest BCUT2D eigenvalue weighted by Gasteiger charge is -2.34. The zero-order valence-electron chi connectivity index (χ0n) is 9.56. The number of carboxylic acids is 1. The zero-order chi connectivity index (χ0) is 13.4. The summed E-state index contributed by atoms with van der Waals surface area (Å²) in [5, 5.41) is 9.06. The van der Waals surface area contributed by atoms with Crippen molar-refractivity contribution in [1.82, 2.24) is 0 Å². The van der Waals surface area contributed by atoms with Crippen molar-refractivity contribution in [2.45, 2.75) is 30.4 Å². The van der Waals surface area contributed by atoms with Gasteiger partial charge in [0.25, 0.3) is 0 Å². The third kappa shape index (κ3) is 2.35. The Balaban J connectivity index is 2.56. The van der Waals surface area contributed by atoms with Gasteiger partial charge in [0.15, 0.2) is 9.84 Å². The second-order valence-corrected chi connectivity index (χ2v) is 9.33. The van der Waals surface area contributed by atoms with Crippen LogP contribution in [0.15, 0.2) is 15.9 Å². The van der Waals surface area contributed by atoms with Crippen molar-refractivity contribution < 1.29 is 18.3 Å². The van der Waals surface area contributed by atoms with Crippen molar-refractivity contribution >= 4 is 43.1 Å². The van der Waals surface area contributed by atoms with Crippen LogP contribution >= 0.6 is 27.3 Å². The average molecular weight is 353 g/mol. The fraction of sp³-hybridized carbons (Fsp3) is 0.545. The van der Waals surface area contributed by atoms with Gasteiger partial charge < -0.3 is 5.11 Å². The van der Waals surface area contributed by atoms with Crippen LogP contribution in [-0.4, -0.2) is 25.2 Å². The standard InChI is InChI=1S/C11H13BrO4S2/c12-9-4-3-8(17-9)11(7-10(13)14)5-1-2-6-18(11,15)16/h3-4H,1-2,5-7H2,(H,13,14)/t11-/m0/s1. The van der Waals surface area contributed by atoms with E-state index < -0.39 is 20.6 Å². The summed E-state index contributed by atoms with van der Waals surface area (Å²) in [5.74, 6) is -0.986. The van der Waals surface area contributed by atoms with Crippen LogP contribution in [0.3, 0.4) is 0 Å². The number of hydrogen-bond acceptors (Lipinski definition) is 4. The highest BCUT2D eigenvalue weighted by Crippen LogP contribution is 2.46. The van der Waals surface area contributed by atoms with Gasteiger partial charge in [0.2, 0.25) is 0 Å². The first kappa shape index (κ1) is 14.0. The molecule has 1 aliphatic rings. The van der Waals surface area contributed by atoms with Crippen LogP contribution in [0, 0.1) is 0 Å². The van der Waals surface area contributed by atoms with Crippen molar-refractivity contribution in [2.24, 2.45) is 0 Å². The summed E-state index contributed by atoms with van der Waals surface area (Å²) in [7, 11) is -3.41. The Morgan fingerprint density at radius 2 is 2.17 bits per heavy atom. The summed E-state index contributed by atoms with van der Waals surface area (Å²) in [6, 6.07) is 3.49. The minimum Gasteiger partial charge on any atom is -0.481 e. The quantitative estimate of drug-likeness (QED) is 0.907. The fourth-order valence-electron chi connectivity index (χ4n) is 2.42. The van der Waals surface area contributed by atoms with Crippen LogP contribution in [0.5, 0.6) is 0 Å². The Labute approximate surface area is 118 Å². The molecule has 1 aliphatic heterocycles. The minimum atomic E-state index is -3.41. The molecule has 100 valence electrons. The van der Waals surface area contributed by atoms with Gasteiger partial charge in [-0.15, -0.1) is 11.3 Å². The van der Waals surface area contributed by atoms with Gasteiger partial charge in [0, 0.05) is 4.88 Å². The lowest BCUT2D eigenvalue weighted by atomic mass is 9.95. The minimum absolute atomic E-state index is 0.0792. The van der Waals surface area contributed by atoms with E-state index >= 15 is 0 Å². The summed E-state index contributed by atoms with van der Waals surface area (Å²) in [5.41, 5.74) is 0. The van der Waals surface area contributed by atoms with Crippen molar-refractivity contribution in [3.05, 3.63) is 20.8 Å².